The summed E-state index contributed by atoms with van der Waals surface area (Å²) in [7, 11) is 0. The first-order valence-electron chi connectivity index (χ1n) is 6.75. The van der Waals surface area contributed by atoms with Crippen LogP contribution in [-0.4, -0.2) is 6.61 Å². The second kappa shape index (κ2) is 5.26. The molecule has 3 rings (SSSR count). The van der Waals surface area contributed by atoms with E-state index in [1.807, 2.05) is 31.2 Å². The first-order valence-corrected chi connectivity index (χ1v) is 6.75. The van der Waals surface area contributed by atoms with Gasteiger partial charge in [0.25, 0.3) is 0 Å². The number of nitriles is 1. The summed E-state index contributed by atoms with van der Waals surface area (Å²) in [6, 6.07) is 14.2. The molecule has 1 aliphatic heterocycles. The lowest BCUT2D eigenvalue weighted by molar-refractivity contribution is 0.357. The van der Waals surface area contributed by atoms with Crippen LogP contribution in [0.5, 0.6) is 5.75 Å². The van der Waals surface area contributed by atoms with Crippen LogP contribution in [0.2, 0.25) is 0 Å². The maximum Gasteiger partial charge on any atom is 0.122 e. The van der Waals surface area contributed by atoms with E-state index in [1.165, 1.54) is 11.1 Å². The number of nitrogens with one attached hydrogen (secondary N) is 1. The maximum absolute atomic E-state index is 8.95. The summed E-state index contributed by atoms with van der Waals surface area (Å²) >= 11 is 0. The topological polar surface area (TPSA) is 45.0 Å². The number of anilines is 1. The third kappa shape index (κ3) is 2.46. The minimum absolute atomic E-state index is 0.681. The number of benzene rings is 2. The zero-order valence-corrected chi connectivity index (χ0v) is 11.4. The average molecular weight is 264 g/mol. The number of ether oxygens (including phenoxy) is 1. The van der Waals surface area contributed by atoms with E-state index in [4.69, 9.17) is 10.00 Å². The van der Waals surface area contributed by atoms with Gasteiger partial charge in [-0.25, -0.2) is 0 Å². The molecule has 0 unspecified atom stereocenters. The molecule has 0 bridgehead atoms. The SMILES string of the molecule is Cc1ccc(C#N)cc1NCc1ccc2c(c1)CCO2. The molecular weight excluding hydrogens is 248 g/mol. The van der Waals surface area contributed by atoms with Crippen LogP contribution >= 0.6 is 0 Å². The Kier molecular flexibility index (Phi) is 3.30. The molecule has 1 heterocycles. The summed E-state index contributed by atoms with van der Waals surface area (Å²) in [6.45, 7) is 3.58. The summed E-state index contributed by atoms with van der Waals surface area (Å²) in [6.07, 6.45) is 0.992. The van der Waals surface area contributed by atoms with Crippen LogP contribution in [0.25, 0.3) is 0 Å². The highest BCUT2D eigenvalue weighted by atomic mass is 16.5. The molecule has 0 radical (unpaired) electrons. The molecule has 3 nitrogen and oxygen atoms in total. The van der Waals surface area contributed by atoms with Crippen molar-refractivity contribution in [2.75, 3.05) is 11.9 Å². The largest absolute Gasteiger partial charge is 0.493 e. The normalized spacial score (nSPS) is 12.4. The summed E-state index contributed by atoms with van der Waals surface area (Å²) in [5.41, 5.74) is 5.36. The maximum atomic E-state index is 8.95. The fourth-order valence-corrected chi connectivity index (χ4v) is 2.43. The lowest BCUT2D eigenvalue weighted by Crippen LogP contribution is -2.01. The Morgan fingerprint density at radius 3 is 3.00 bits per heavy atom. The number of hydrogen-bond donors (Lipinski definition) is 1. The van der Waals surface area contributed by atoms with E-state index >= 15 is 0 Å². The average Bonchev–Trinajstić information content (AvgIpc) is 2.94. The Labute approximate surface area is 118 Å². The Bertz CT molecular complexity index is 686. The first kappa shape index (κ1) is 12.6. The standard InChI is InChI=1S/C17H16N2O/c1-12-2-3-13(10-18)9-16(12)19-11-14-4-5-17-15(8-14)6-7-20-17/h2-5,8-9,19H,6-7,11H2,1H3. The van der Waals surface area contributed by atoms with Gasteiger partial charge in [0.05, 0.1) is 18.2 Å². The molecule has 0 saturated carbocycles. The molecule has 2 aromatic rings. The summed E-state index contributed by atoms with van der Waals surface area (Å²) in [5.74, 6) is 1.01. The molecule has 100 valence electrons. The second-order valence-corrected chi connectivity index (χ2v) is 5.04. The van der Waals surface area contributed by atoms with E-state index in [0.717, 1.165) is 36.6 Å². The van der Waals surface area contributed by atoms with Crippen LogP contribution in [0.1, 0.15) is 22.3 Å². The number of rotatable bonds is 3. The molecule has 3 heteroatoms. The van der Waals surface area contributed by atoms with Gasteiger partial charge in [-0.1, -0.05) is 18.2 Å². The summed E-state index contributed by atoms with van der Waals surface area (Å²) in [5, 5.41) is 12.4. The summed E-state index contributed by atoms with van der Waals surface area (Å²) in [4.78, 5) is 0. The van der Waals surface area contributed by atoms with Crippen molar-refractivity contribution in [2.24, 2.45) is 0 Å². The van der Waals surface area contributed by atoms with E-state index in [9.17, 15) is 0 Å². The Balaban J connectivity index is 1.75. The summed E-state index contributed by atoms with van der Waals surface area (Å²) < 4.78 is 5.51. The van der Waals surface area contributed by atoms with Crippen molar-refractivity contribution >= 4 is 5.69 Å². The van der Waals surface area contributed by atoms with Gasteiger partial charge in [-0.15, -0.1) is 0 Å². The van der Waals surface area contributed by atoms with E-state index in [0.29, 0.717) is 5.56 Å². The number of fused-ring (bicyclic) bond motifs is 1. The molecule has 20 heavy (non-hydrogen) atoms. The van der Waals surface area contributed by atoms with Crippen molar-refractivity contribution in [1.29, 1.82) is 5.26 Å². The highest BCUT2D eigenvalue weighted by molar-refractivity contribution is 5.55. The van der Waals surface area contributed by atoms with Crippen LogP contribution in [0.4, 0.5) is 5.69 Å². The Morgan fingerprint density at radius 1 is 1.25 bits per heavy atom. The van der Waals surface area contributed by atoms with Crippen molar-refractivity contribution in [2.45, 2.75) is 19.9 Å². The predicted octanol–water partition coefficient (Wildman–Crippen LogP) is 3.41. The third-order valence-electron chi connectivity index (χ3n) is 3.60. The van der Waals surface area contributed by atoms with E-state index in [-0.39, 0.29) is 0 Å². The number of hydrogen-bond acceptors (Lipinski definition) is 3. The van der Waals surface area contributed by atoms with Gasteiger partial charge in [-0.2, -0.15) is 5.26 Å². The van der Waals surface area contributed by atoms with Crippen LogP contribution in [-0.2, 0) is 13.0 Å². The molecule has 0 spiro atoms. The van der Waals surface area contributed by atoms with Gasteiger partial charge in [-0.3, -0.25) is 0 Å². The lowest BCUT2D eigenvalue weighted by Gasteiger charge is -2.10. The van der Waals surface area contributed by atoms with Crippen molar-refractivity contribution in [3.63, 3.8) is 0 Å². The van der Waals surface area contributed by atoms with Gasteiger partial charge in [0.1, 0.15) is 5.75 Å². The molecule has 0 aliphatic carbocycles. The van der Waals surface area contributed by atoms with Crippen LogP contribution in [0.3, 0.4) is 0 Å². The smallest absolute Gasteiger partial charge is 0.122 e. The predicted molar refractivity (Wildman–Crippen MR) is 78.9 cm³/mol. The monoisotopic (exact) mass is 264 g/mol. The van der Waals surface area contributed by atoms with Crippen molar-refractivity contribution in [3.05, 3.63) is 58.7 Å². The molecule has 2 aromatic carbocycles. The zero-order valence-electron chi connectivity index (χ0n) is 11.4. The van der Waals surface area contributed by atoms with Crippen molar-refractivity contribution in [3.8, 4) is 11.8 Å². The molecule has 1 N–H and O–H groups in total. The first-order chi connectivity index (χ1) is 9.76. The Morgan fingerprint density at radius 2 is 2.15 bits per heavy atom. The molecular formula is C17H16N2O. The quantitative estimate of drug-likeness (QED) is 0.924. The lowest BCUT2D eigenvalue weighted by atomic mass is 10.1. The van der Waals surface area contributed by atoms with Crippen LogP contribution < -0.4 is 10.1 Å². The fraction of sp³-hybridized carbons (Fsp3) is 0.235. The van der Waals surface area contributed by atoms with E-state index < -0.39 is 0 Å². The van der Waals surface area contributed by atoms with Crippen LogP contribution in [0, 0.1) is 18.3 Å². The molecule has 1 aliphatic rings. The molecule has 0 saturated heterocycles. The molecule has 0 fully saturated rings. The van der Waals surface area contributed by atoms with Crippen molar-refractivity contribution < 1.29 is 4.74 Å². The van der Waals surface area contributed by atoms with E-state index in [1.54, 1.807) is 0 Å². The molecule has 0 amide bonds. The number of nitrogens with zero attached hydrogens (tertiary/aromatic N) is 1. The van der Waals surface area contributed by atoms with Crippen LogP contribution in [0.15, 0.2) is 36.4 Å². The highest BCUT2D eigenvalue weighted by Crippen LogP contribution is 2.26. The zero-order chi connectivity index (χ0) is 13.9. The number of aryl methyl sites for hydroxylation is 1. The van der Waals surface area contributed by atoms with Gasteiger partial charge < -0.3 is 10.1 Å². The Hall–Kier alpha value is -2.47. The van der Waals surface area contributed by atoms with Gasteiger partial charge in [0.15, 0.2) is 0 Å². The third-order valence-corrected chi connectivity index (χ3v) is 3.60. The minimum Gasteiger partial charge on any atom is -0.493 e. The van der Waals surface area contributed by atoms with Gasteiger partial charge in [-0.05, 0) is 41.8 Å². The van der Waals surface area contributed by atoms with E-state index in [2.05, 4.69) is 23.5 Å². The second-order valence-electron chi connectivity index (χ2n) is 5.04. The van der Waals surface area contributed by atoms with Gasteiger partial charge in [0.2, 0.25) is 0 Å². The minimum atomic E-state index is 0.681. The molecule has 0 aromatic heterocycles. The molecule has 0 atom stereocenters. The highest BCUT2D eigenvalue weighted by Gasteiger charge is 2.11. The van der Waals surface area contributed by atoms with Gasteiger partial charge in [0, 0.05) is 18.7 Å². The van der Waals surface area contributed by atoms with Gasteiger partial charge >= 0.3 is 0 Å². The van der Waals surface area contributed by atoms with Crippen molar-refractivity contribution in [1.82, 2.24) is 0 Å². The fourth-order valence-electron chi connectivity index (χ4n) is 2.43.